The zero-order valence-corrected chi connectivity index (χ0v) is 7.47. The van der Waals surface area contributed by atoms with Gasteiger partial charge in [-0.25, -0.2) is 5.84 Å². The quantitative estimate of drug-likeness (QED) is 0.556. The van der Waals surface area contributed by atoms with E-state index in [1.165, 1.54) is 0 Å². The van der Waals surface area contributed by atoms with Crippen LogP contribution in [0.1, 0.15) is 11.5 Å². The number of aromatic nitrogens is 2. The van der Waals surface area contributed by atoms with Crippen molar-refractivity contribution in [1.29, 1.82) is 0 Å². The molecule has 0 fully saturated rings. The van der Waals surface area contributed by atoms with Crippen molar-refractivity contribution in [2.24, 2.45) is 5.84 Å². The minimum atomic E-state index is 0.232. The van der Waals surface area contributed by atoms with Crippen LogP contribution >= 0.6 is 0 Å². The van der Waals surface area contributed by atoms with Crippen LogP contribution in [0.2, 0.25) is 0 Å². The van der Waals surface area contributed by atoms with Gasteiger partial charge in [-0.15, -0.1) is 5.10 Å². The number of rotatable bonds is 3. The van der Waals surface area contributed by atoms with Crippen molar-refractivity contribution >= 4 is 6.01 Å². The third kappa shape index (κ3) is 1.89. The lowest BCUT2D eigenvalue weighted by molar-refractivity contribution is 0.517. The highest BCUT2D eigenvalue weighted by Crippen LogP contribution is 2.09. The highest BCUT2D eigenvalue weighted by molar-refractivity contribution is 5.20. The third-order valence-electron chi connectivity index (χ3n) is 1.79. The second-order valence-corrected chi connectivity index (χ2v) is 2.81. The second-order valence-electron chi connectivity index (χ2n) is 2.81. The van der Waals surface area contributed by atoms with Gasteiger partial charge < -0.3 is 4.42 Å². The average Bonchev–Trinajstić information content (AvgIpc) is 2.67. The predicted octanol–water partition coefficient (Wildman–Crippen LogP) is 0.946. The summed E-state index contributed by atoms with van der Waals surface area (Å²) in [6, 6.07) is 10.1. The van der Waals surface area contributed by atoms with Gasteiger partial charge in [-0.1, -0.05) is 35.4 Å². The van der Waals surface area contributed by atoms with E-state index in [0.29, 0.717) is 12.3 Å². The Kier molecular flexibility index (Phi) is 2.42. The van der Waals surface area contributed by atoms with E-state index in [4.69, 9.17) is 10.3 Å². The van der Waals surface area contributed by atoms with Crippen molar-refractivity contribution in [1.82, 2.24) is 10.2 Å². The van der Waals surface area contributed by atoms with Crippen molar-refractivity contribution in [2.75, 3.05) is 5.43 Å². The summed E-state index contributed by atoms with van der Waals surface area (Å²) >= 11 is 0. The van der Waals surface area contributed by atoms with Crippen LogP contribution in [-0.2, 0) is 6.42 Å². The van der Waals surface area contributed by atoms with Gasteiger partial charge in [0.15, 0.2) is 0 Å². The molecule has 3 N–H and O–H groups in total. The van der Waals surface area contributed by atoms with Gasteiger partial charge in [0.05, 0.1) is 6.42 Å². The molecule has 2 aromatic rings. The Balaban J connectivity index is 2.11. The lowest BCUT2D eigenvalue weighted by Crippen LogP contribution is -2.06. The summed E-state index contributed by atoms with van der Waals surface area (Å²) in [6.07, 6.45) is 0.621. The number of hydrazine groups is 1. The van der Waals surface area contributed by atoms with E-state index in [1.807, 2.05) is 30.3 Å². The molecule has 0 amide bonds. The van der Waals surface area contributed by atoms with E-state index in [1.54, 1.807) is 0 Å². The number of nitrogens with two attached hydrogens (primary N) is 1. The number of nitrogens with zero attached hydrogens (tertiary/aromatic N) is 2. The lowest BCUT2D eigenvalue weighted by Gasteiger charge is -1.94. The molecule has 0 saturated heterocycles. The Morgan fingerprint density at radius 2 is 2.00 bits per heavy atom. The van der Waals surface area contributed by atoms with Crippen LogP contribution in [-0.4, -0.2) is 10.2 Å². The van der Waals surface area contributed by atoms with Gasteiger partial charge in [0.2, 0.25) is 5.89 Å². The summed E-state index contributed by atoms with van der Waals surface area (Å²) in [5.41, 5.74) is 3.42. The van der Waals surface area contributed by atoms with Gasteiger partial charge in [0, 0.05) is 0 Å². The molecular formula is C9H10N4O. The van der Waals surface area contributed by atoms with Gasteiger partial charge in [-0.05, 0) is 5.56 Å². The Hall–Kier alpha value is -1.88. The first-order chi connectivity index (χ1) is 6.88. The largest absolute Gasteiger partial charge is 0.407 e. The normalized spacial score (nSPS) is 10.1. The number of benzene rings is 1. The molecule has 1 heterocycles. The molecule has 0 aliphatic heterocycles. The third-order valence-corrected chi connectivity index (χ3v) is 1.79. The number of hydrogen-bond donors (Lipinski definition) is 2. The van der Waals surface area contributed by atoms with E-state index in [0.717, 1.165) is 5.56 Å². The van der Waals surface area contributed by atoms with E-state index in [-0.39, 0.29) is 6.01 Å². The molecule has 2 rings (SSSR count). The first-order valence-electron chi connectivity index (χ1n) is 4.21. The average molecular weight is 190 g/mol. The zero-order chi connectivity index (χ0) is 9.80. The van der Waals surface area contributed by atoms with Crippen molar-refractivity contribution in [3.63, 3.8) is 0 Å². The van der Waals surface area contributed by atoms with Gasteiger partial charge in [0.25, 0.3) is 0 Å². The van der Waals surface area contributed by atoms with Crippen LogP contribution < -0.4 is 11.3 Å². The maximum absolute atomic E-state index is 5.18. The fourth-order valence-corrected chi connectivity index (χ4v) is 1.15. The maximum Gasteiger partial charge on any atom is 0.330 e. The summed E-state index contributed by atoms with van der Waals surface area (Å²) in [7, 11) is 0. The van der Waals surface area contributed by atoms with Crippen LogP contribution in [0.25, 0.3) is 0 Å². The molecule has 0 unspecified atom stereocenters. The number of anilines is 1. The van der Waals surface area contributed by atoms with Gasteiger partial charge in [-0.3, -0.25) is 5.43 Å². The summed E-state index contributed by atoms with van der Waals surface area (Å²) in [5.74, 6) is 5.66. The molecule has 5 nitrogen and oxygen atoms in total. The zero-order valence-electron chi connectivity index (χ0n) is 7.47. The summed E-state index contributed by atoms with van der Waals surface area (Å²) in [4.78, 5) is 0. The monoisotopic (exact) mass is 190 g/mol. The van der Waals surface area contributed by atoms with Crippen molar-refractivity contribution < 1.29 is 4.42 Å². The van der Waals surface area contributed by atoms with Crippen molar-refractivity contribution in [3.8, 4) is 0 Å². The molecule has 0 bridgehead atoms. The predicted molar refractivity (Wildman–Crippen MR) is 51.4 cm³/mol. The lowest BCUT2D eigenvalue weighted by atomic mass is 10.2. The number of nitrogen functional groups attached to an aromatic ring is 1. The Bertz CT molecular complexity index is 398. The molecule has 1 aromatic carbocycles. The van der Waals surface area contributed by atoms with Crippen LogP contribution in [0.5, 0.6) is 0 Å². The van der Waals surface area contributed by atoms with Gasteiger partial charge in [0.1, 0.15) is 0 Å². The van der Waals surface area contributed by atoms with Crippen LogP contribution in [0.3, 0.4) is 0 Å². The molecule has 14 heavy (non-hydrogen) atoms. The fraction of sp³-hybridized carbons (Fsp3) is 0.111. The van der Waals surface area contributed by atoms with Crippen LogP contribution in [0.4, 0.5) is 6.01 Å². The van der Waals surface area contributed by atoms with E-state index in [9.17, 15) is 0 Å². The maximum atomic E-state index is 5.18. The smallest absolute Gasteiger partial charge is 0.330 e. The molecular weight excluding hydrogens is 180 g/mol. The first-order valence-corrected chi connectivity index (χ1v) is 4.21. The highest BCUT2D eigenvalue weighted by Gasteiger charge is 2.04. The Labute approximate surface area is 80.9 Å². The van der Waals surface area contributed by atoms with Crippen LogP contribution in [0, 0.1) is 0 Å². The minimum Gasteiger partial charge on any atom is -0.407 e. The topological polar surface area (TPSA) is 77.0 Å². The summed E-state index contributed by atoms with van der Waals surface area (Å²) in [6.45, 7) is 0. The molecule has 0 radical (unpaired) electrons. The Morgan fingerprint density at radius 1 is 1.21 bits per heavy atom. The summed E-state index contributed by atoms with van der Waals surface area (Å²) < 4.78 is 5.18. The minimum absolute atomic E-state index is 0.232. The van der Waals surface area contributed by atoms with Crippen LogP contribution in [0.15, 0.2) is 34.7 Å². The molecule has 72 valence electrons. The second kappa shape index (κ2) is 3.89. The van der Waals surface area contributed by atoms with E-state index in [2.05, 4.69) is 15.6 Å². The number of nitrogens with one attached hydrogen (secondary N) is 1. The molecule has 0 aliphatic rings. The van der Waals surface area contributed by atoms with Crippen molar-refractivity contribution in [3.05, 3.63) is 41.8 Å². The molecule has 0 aliphatic carbocycles. The van der Waals surface area contributed by atoms with E-state index >= 15 is 0 Å². The Morgan fingerprint density at radius 3 is 2.64 bits per heavy atom. The SMILES string of the molecule is NNc1nnc(Cc2ccccc2)o1. The van der Waals surface area contributed by atoms with Gasteiger partial charge in [-0.2, -0.15) is 0 Å². The highest BCUT2D eigenvalue weighted by atomic mass is 16.4. The first kappa shape index (κ1) is 8.71. The number of hydrogen-bond acceptors (Lipinski definition) is 5. The van der Waals surface area contributed by atoms with Gasteiger partial charge >= 0.3 is 6.01 Å². The van der Waals surface area contributed by atoms with E-state index < -0.39 is 0 Å². The van der Waals surface area contributed by atoms with Crippen molar-refractivity contribution in [2.45, 2.75) is 6.42 Å². The molecule has 0 atom stereocenters. The summed E-state index contributed by atoms with van der Waals surface area (Å²) in [5, 5.41) is 7.50. The fourth-order valence-electron chi connectivity index (χ4n) is 1.15. The molecule has 1 aromatic heterocycles. The molecule has 5 heteroatoms. The molecule has 0 spiro atoms. The standard InChI is InChI=1S/C9H10N4O/c10-11-9-13-12-8(14-9)6-7-4-2-1-3-5-7/h1-5H,6,10H2,(H,11,13). The molecule has 0 saturated carbocycles.